The van der Waals surface area contributed by atoms with E-state index in [-0.39, 0.29) is 12.6 Å². The molecule has 0 aliphatic carbocycles. The lowest BCUT2D eigenvalue weighted by Crippen LogP contribution is -2.31. The predicted octanol–water partition coefficient (Wildman–Crippen LogP) is 2.49. The van der Waals surface area contributed by atoms with E-state index in [4.69, 9.17) is 16.7 Å². The molecule has 1 aliphatic rings. The molecule has 5 nitrogen and oxygen atoms in total. The van der Waals surface area contributed by atoms with Crippen LogP contribution in [0.5, 0.6) is 0 Å². The monoisotopic (exact) mass is 318 g/mol. The molecule has 22 heavy (non-hydrogen) atoms. The summed E-state index contributed by atoms with van der Waals surface area (Å²) in [4.78, 5) is 10.8. The fraction of sp³-hybridized carbons (Fsp3) is 0.375. The number of nitrogens with zero attached hydrogens (tertiary/aromatic N) is 3. The van der Waals surface area contributed by atoms with Crippen LogP contribution in [-0.4, -0.2) is 34.3 Å². The van der Waals surface area contributed by atoms with Crippen molar-refractivity contribution in [2.45, 2.75) is 25.9 Å². The Kier molecular flexibility index (Phi) is 4.45. The molecule has 1 aromatic carbocycles. The zero-order valence-corrected chi connectivity index (χ0v) is 13.2. The molecule has 1 aromatic heterocycles. The summed E-state index contributed by atoms with van der Waals surface area (Å²) in [5.41, 5.74) is 2.59. The first-order valence-corrected chi connectivity index (χ1v) is 7.75. The zero-order valence-electron chi connectivity index (χ0n) is 12.5. The second-order valence-corrected chi connectivity index (χ2v) is 6.01. The number of benzene rings is 1. The second-order valence-electron chi connectivity index (χ2n) is 5.57. The zero-order chi connectivity index (χ0) is 15.5. The van der Waals surface area contributed by atoms with Crippen molar-refractivity contribution in [3.05, 3.63) is 46.7 Å². The summed E-state index contributed by atoms with van der Waals surface area (Å²) in [5, 5.41) is 13.1. The van der Waals surface area contributed by atoms with Crippen molar-refractivity contribution in [3.63, 3.8) is 0 Å². The van der Waals surface area contributed by atoms with Gasteiger partial charge in [-0.15, -0.1) is 0 Å². The third-order valence-electron chi connectivity index (χ3n) is 3.83. The predicted molar refractivity (Wildman–Crippen MR) is 88.4 cm³/mol. The molecular weight excluding hydrogens is 300 g/mol. The van der Waals surface area contributed by atoms with Crippen molar-refractivity contribution in [3.8, 4) is 0 Å². The summed E-state index contributed by atoms with van der Waals surface area (Å²) in [6.45, 7) is 3.69. The van der Waals surface area contributed by atoms with E-state index in [0.29, 0.717) is 0 Å². The maximum absolute atomic E-state index is 9.12. The largest absolute Gasteiger partial charge is 0.394 e. The fourth-order valence-electron chi connectivity index (χ4n) is 2.61. The number of aliphatic hydroxyl groups excluding tert-OH is 1. The SMILES string of the molecule is C[C@@H](CO)Nc1cc(N2CCc3cc(Cl)ccc3C2)ncn1. The molecule has 3 rings (SSSR count). The molecule has 2 heterocycles. The lowest BCUT2D eigenvalue weighted by Gasteiger charge is -2.30. The minimum Gasteiger partial charge on any atom is -0.394 e. The van der Waals surface area contributed by atoms with Gasteiger partial charge in [0.25, 0.3) is 0 Å². The summed E-state index contributed by atoms with van der Waals surface area (Å²) < 4.78 is 0. The van der Waals surface area contributed by atoms with Crippen LogP contribution >= 0.6 is 11.6 Å². The van der Waals surface area contributed by atoms with E-state index >= 15 is 0 Å². The van der Waals surface area contributed by atoms with Crippen LogP contribution in [0.3, 0.4) is 0 Å². The van der Waals surface area contributed by atoms with Gasteiger partial charge in [-0.05, 0) is 36.6 Å². The molecule has 116 valence electrons. The molecule has 0 unspecified atom stereocenters. The standard InChI is InChI=1S/C16H19ClN4O/c1-11(9-22)20-15-7-16(19-10-18-15)21-5-4-12-6-14(17)3-2-13(12)8-21/h2-3,6-7,10-11,22H,4-5,8-9H2,1H3,(H,18,19,20)/t11-/m0/s1. The van der Waals surface area contributed by atoms with Crippen molar-refractivity contribution in [2.75, 3.05) is 23.4 Å². The van der Waals surface area contributed by atoms with Crippen LogP contribution in [0.2, 0.25) is 5.02 Å². The number of aliphatic hydroxyl groups is 1. The van der Waals surface area contributed by atoms with Gasteiger partial charge in [-0.25, -0.2) is 9.97 Å². The lowest BCUT2D eigenvalue weighted by atomic mass is 10.00. The highest BCUT2D eigenvalue weighted by Crippen LogP contribution is 2.26. The molecule has 0 saturated heterocycles. The van der Waals surface area contributed by atoms with Gasteiger partial charge in [-0.3, -0.25) is 0 Å². The molecule has 0 amide bonds. The quantitative estimate of drug-likeness (QED) is 0.907. The number of hydrogen-bond acceptors (Lipinski definition) is 5. The van der Waals surface area contributed by atoms with Crippen molar-refractivity contribution >= 4 is 23.2 Å². The number of rotatable bonds is 4. The normalized spacial score (nSPS) is 15.3. The average Bonchev–Trinajstić information content (AvgIpc) is 2.54. The Morgan fingerprint density at radius 3 is 3.00 bits per heavy atom. The number of fused-ring (bicyclic) bond motifs is 1. The fourth-order valence-corrected chi connectivity index (χ4v) is 2.81. The Morgan fingerprint density at radius 2 is 2.18 bits per heavy atom. The Bertz CT molecular complexity index is 664. The molecule has 0 fully saturated rings. The van der Waals surface area contributed by atoms with Gasteiger partial charge in [0.2, 0.25) is 0 Å². The van der Waals surface area contributed by atoms with E-state index in [1.165, 1.54) is 11.1 Å². The van der Waals surface area contributed by atoms with E-state index in [9.17, 15) is 0 Å². The summed E-state index contributed by atoms with van der Waals surface area (Å²) in [5.74, 6) is 1.62. The van der Waals surface area contributed by atoms with Gasteiger partial charge >= 0.3 is 0 Å². The van der Waals surface area contributed by atoms with E-state index in [2.05, 4.69) is 26.3 Å². The first-order chi connectivity index (χ1) is 10.7. The number of nitrogens with one attached hydrogen (secondary N) is 1. The molecule has 2 N–H and O–H groups in total. The van der Waals surface area contributed by atoms with E-state index in [1.54, 1.807) is 6.33 Å². The van der Waals surface area contributed by atoms with Crippen LogP contribution in [0.25, 0.3) is 0 Å². The van der Waals surface area contributed by atoms with Crippen LogP contribution in [0.4, 0.5) is 11.6 Å². The molecule has 0 radical (unpaired) electrons. The molecule has 2 aromatic rings. The molecule has 6 heteroatoms. The minimum atomic E-state index is -0.0352. The maximum atomic E-state index is 9.12. The number of halogens is 1. The highest BCUT2D eigenvalue weighted by molar-refractivity contribution is 6.30. The number of hydrogen-bond donors (Lipinski definition) is 2. The summed E-state index contributed by atoms with van der Waals surface area (Å²) in [7, 11) is 0. The average molecular weight is 319 g/mol. The van der Waals surface area contributed by atoms with Crippen LogP contribution in [0.1, 0.15) is 18.1 Å². The molecule has 0 saturated carbocycles. The van der Waals surface area contributed by atoms with Gasteiger partial charge in [0.15, 0.2) is 0 Å². The van der Waals surface area contributed by atoms with Crippen LogP contribution in [-0.2, 0) is 13.0 Å². The van der Waals surface area contributed by atoms with Gasteiger partial charge in [-0.2, -0.15) is 0 Å². The summed E-state index contributed by atoms with van der Waals surface area (Å²) >= 11 is 6.05. The van der Waals surface area contributed by atoms with E-state index in [0.717, 1.165) is 36.2 Å². The Balaban J connectivity index is 1.78. The third kappa shape index (κ3) is 3.31. The van der Waals surface area contributed by atoms with Gasteiger partial charge in [0.05, 0.1) is 6.61 Å². The summed E-state index contributed by atoms with van der Waals surface area (Å²) in [6, 6.07) is 7.95. The van der Waals surface area contributed by atoms with Gasteiger partial charge < -0.3 is 15.3 Å². The van der Waals surface area contributed by atoms with Crippen molar-refractivity contribution in [1.29, 1.82) is 0 Å². The molecule has 0 spiro atoms. The molecule has 0 bridgehead atoms. The van der Waals surface area contributed by atoms with Crippen molar-refractivity contribution in [1.82, 2.24) is 9.97 Å². The summed E-state index contributed by atoms with van der Waals surface area (Å²) in [6.07, 6.45) is 2.51. The Labute approximate surface area is 135 Å². The smallest absolute Gasteiger partial charge is 0.134 e. The maximum Gasteiger partial charge on any atom is 0.134 e. The van der Waals surface area contributed by atoms with Crippen LogP contribution in [0.15, 0.2) is 30.6 Å². The van der Waals surface area contributed by atoms with Crippen molar-refractivity contribution in [2.24, 2.45) is 0 Å². The Hall–Kier alpha value is -1.85. The highest BCUT2D eigenvalue weighted by Gasteiger charge is 2.18. The van der Waals surface area contributed by atoms with Gasteiger partial charge in [-0.1, -0.05) is 17.7 Å². The minimum absolute atomic E-state index is 0.0352. The number of aromatic nitrogens is 2. The first-order valence-electron chi connectivity index (χ1n) is 7.37. The Morgan fingerprint density at radius 1 is 1.32 bits per heavy atom. The molecular formula is C16H19ClN4O. The third-order valence-corrected chi connectivity index (χ3v) is 4.06. The lowest BCUT2D eigenvalue weighted by molar-refractivity contribution is 0.281. The van der Waals surface area contributed by atoms with Crippen molar-refractivity contribution < 1.29 is 5.11 Å². The molecule has 1 aliphatic heterocycles. The van der Waals surface area contributed by atoms with E-state index < -0.39 is 0 Å². The second kappa shape index (κ2) is 6.50. The highest BCUT2D eigenvalue weighted by atomic mass is 35.5. The molecule has 1 atom stereocenters. The van der Waals surface area contributed by atoms with Gasteiger partial charge in [0.1, 0.15) is 18.0 Å². The van der Waals surface area contributed by atoms with Crippen LogP contribution < -0.4 is 10.2 Å². The topological polar surface area (TPSA) is 61.3 Å². The van der Waals surface area contributed by atoms with Crippen LogP contribution in [0, 0.1) is 0 Å². The first kappa shape index (κ1) is 15.1. The number of anilines is 2. The van der Waals surface area contributed by atoms with E-state index in [1.807, 2.05) is 25.1 Å². The van der Waals surface area contributed by atoms with Gasteiger partial charge in [0, 0.05) is 30.2 Å².